The van der Waals surface area contributed by atoms with E-state index in [1.807, 2.05) is 6.07 Å². The Balaban J connectivity index is 1.29. The van der Waals surface area contributed by atoms with E-state index in [0.717, 1.165) is 49.9 Å². The fraction of sp³-hybridized carbons (Fsp3) is 0.579. The van der Waals surface area contributed by atoms with Crippen LogP contribution < -0.4 is 15.5 Å². The molecule has 27 heavy (non-hydrogen) atoms. The van der Waals surface area contributed by atoms with Crippen LogP contribution in [0.15, 0.2) is 18.3 Å². The van der Waals surface area contributed by atoms with Gasteiger partial charge in [0.15, 0.2) is 5.82 Å². The minimum atomic E-state index is 0.0401. The van der Waals surface area contributed by atoms with E-state index in [1.165, 1.54) is 18.5 Å². The first kappa shape index (κ1) is 16.5. The molecule has 0 aromatic carbocycles. The van der Waals surface area contributed by atoms with Gasteiger partial charge in [0.05, 0.1) is 0 Å². The Labute approximate surface area is 158 Å². The lowest BCUT2D eigenvalue weighted by atomic mass is 9.87. The van der Waals surface area contributed by atoms with Gasteiger partial charge >= 0.3 is 0 Å². The molecule has 2 aliphatic carbocycles. The van der Waals surface area contributed by atoms with Gasteiger partial charge in [-0.1, -0.05) is 0 Å². The van der Waals surface area contributed by atoms with Crippen molar-refractivity contribution in [1.29, 1.82) is 0 Å². The van der Waals surface area contributed by atoms with Crippen molar-refractivity contribution in [2.45, 2.75) is 51.0 Å². The third-order valence-corrected chi connectivity index (χ3v) is 6.11. The molecule has 1 amide bonds. The van der Waals surface area contributed by atoms with E-state index >= 15 is 0 Å². The summed E-state index contributed by atoms with van der Waals surface area (Å²) in [5.74, 6) is 3.00. The molecule has 2 aromatic rings. The first-order chi connectivity index (χ1) is 13.1. The summed E-state index contributed by atoms with van der Waals surface area (Å²) in [6.07, 6.45) is 7.67. The van der Waals surface area contributed by atoms with Gasteiger partial charge in [-0.05, 0) is 38.2 Å². The third kappa shape index (κ3) is 3.24. The third-order valence-electron chi connectivity index (χ3n) is 6.11. The van der Waals surface area contributed by atoms with Crippen molar-refractivity contribution in [3.63, 3.8) is 0 Å². The second kappa shape index (κ2) is 6.21. The first-order valence-corrected chi connectivity index (χ1v) is 9.77. The van der Waals surface area contributed by atoms with E-state index in [0.29, 0.717) is 12.0 Å². The molecule has 8 heteroatoms. The van der Waals surface area contributed by atoms with Crippen LogP contribution >= 0.6 is 0 Å². The smallest absolute Gasteiger partial charge is 0.227 e. The van der Waals surface area contributed by atoms with Crippen LogP contribution in [-0.4, -0.2) is 45.2 Å². The summed E-state index contributed by atoms with van der Waals surface area (Å²) < 4.78 is 0. The largest absolute Gasteiger partial charge is 0.356 e. The average Bonchev–Trinajstić information content (AvgIpc) is 3.12. The molecule has 3 fully saturated rings. The molecule has 1 saturated heterocycles. The number of aromatic nitrogens is 4. The van der Waals surface area contributed by atoms with Gasteiger partial charge in [0, 0.05) is 55.3 Å². The summed E-state index contributed by atoms with van der Waals surface area (Å²) in [6, 6.07) is 4.40. The number of carbonyl (C=O) groups excluding carboxylic acids is 1. The zero-order chi connectivity index (χ0) is 18.4. The lowest BCUT2D eigenvalue weighted by molar-refractivity contribution is -0.119. The molecule has 8 nitrogen and oxygen atoms in total. The minimum absolute atomic E-state index is 0.0401. The van der Waals surface area contributed by atoms with Gasteiger partial charge in [0.2, 0.25) is 11.9 Å². The van der Waals surface area contributed by atoms with Crippen LogP contribution in [0.1, 0.15) is 50.6 Å². The van der Waals surface area contributed by atoms with Crippen LogP contribution in [0.2, 0.25) is 0 Å². The molecular weight excluding hydrogens is 342 g/mol. The number of piperidine rings is 1. The number of carbonyl (C=O) groups is 1. The number of hydrogen-bond acceptors (Lipinski definition) is 6. The van der Waals surface area contributed by atoms with Gasteiger partial charge in [-0.25, -0.2) is 4.98 Å². The van der Waals surface area contributed by atoms with Crippen molar-refractivity contribution in [2.75, 3.05) is 23.3 Å². The Kier molecular flexibility index (Phi) is 3.80. The van der Waals surface area contributed by atoms with E-state index in [1.54, 1.807) is 13.1 Å². The van der Waals surface area contributed by atoms with E-state index in [4.69, 9.17) is 4.98 Å². The molecule has 5 rings (SSSR count). The van der Waals surface area contributed by atoms with Crippen molar-refractivity contribution in [1.82, 2.24) is 25.5 Å². The maximum absolute atomic E-state index is 11.3. The van der Waals surface area contributed by atoms with Gasteiger partial charge in [-0.2, -0.15) is 10.1 Å². The standard InChI is InChI=1S/C19H25N7O/c1-12(27)21-10-19-6-4-14(9-19)26(11-19)18-20-7-5-16(23-18)22-17-8-15(24-25-17)13-2-3-13/h5,7-8,13-14H,2-4,6,9-11H2,1H3,(H,21,27)(H2,20,22,23,24,25). The van der Waals surface area contributed by atoms with Crippen molar-refractivity contribution in [3.05, 3.63) is 24.0 Å². The molecular formula is C19H25N7O. The summed E-state index contributed by atoms with van der Waals surface area (Å²) in [4.78, 5) is 22.9. The molecule has 3 aliphatic rings. The number of hydrogen-bond donors (Lipinski definition) is 3. The maximum Gasteiger partial charge on any atom is 0.227 e. The highest BCUT2D eigenvalue weighted by Gasteiger charge is 2.50. The topological polar surface area (TPSA) is 98.8 Å². The Bertz CT molecular complexity index is 861. The summed E-state index contributed by atoms with van der Waals surface area (Å²) in [5.41, 5.74) is 1.35. The molecule has 1 aliphatic heterocycles. The van der Waals surface area contributed by atoms with Crippen molar-refractivity contribution >= 4 is 23.5 Å². The van der Waals surface area contributed by atoms with Gasteiger partial charge in [-0.3, -0.25) is 9.89 Å². The van der Waals surface area contributed by atoms with Crippen LogP contribution in [-0.2, 0) is 4.79 Å². The zero-order valence-corrected chi connectivity index (χ0v) is 15.5. The van der Waals surface area contributed by atoms with E-state index in [2.05, 4.69) is 36.8 Å². The average molecular weight is 367 g/mol. The quantitative estimate of drug-likeness (QED) is 0.725. The highest BCUT2D eigenvalue weighted by molar-refractivity contribution is 5.72. The number of H-pyrrole nitrogens is 1. The van der Waals surface area contributed by atoms with E-state index in [9.17, 15) is 4.79 Å². The summed E-state index contributed by atoms with van der Waals surface area (Å²) in [7, 11) is 0. The molecule has 2 unspecified atom stereocenters. The zero-order valence-electron chi connectivity index (χ0n) is 15.5. The van der Waals surface area contributed by atoms with Gasteiger partial charge < -0.3 is 15.5 Å². The maximum atomic E-state index is 11.3. The highest BCUT2D eigenvalue weighted by Crippen LogP contribution is 2.48. The fourth-order valence-electron chi connectivity index (χ4n) is 4.53. The van der Waals surface area contributed by atoms with Crippen molar-refractivity contribution in [3.8, 4) is 0 Å². The van der Waals surface area contributed by atoms with Gasteiger partial charge in [-0.15, -0.1) is 0 Å². The summed E-state index contributed by atoms with van der Waals surface area (Å²) in [6.45, 7) is 3.22. The van der Waals surface area contributed by atoms with Crippen LogP contribution in [0.25, 0.3) is 0 Å². The Morgan fingerprint density at radius 1 is 1.37 bits per heavy atom. The molecule has 2 atom stereocenters. The number of nitrogens with zero attached hydrogens (tertiary/aromatic N) is 4. The number of rotatable bonds is 6. The molecule has 142 valence electrons. The van der Waals surface area contributed by atoms with Crippen LogP contribution in [0.4, 0.5) is 17.6 Å². The first-order valence-electron chi connectivity index (χ1n) is 9.77. The molecule has 2 saturated carbocycles. The second-order valence-corrected chi connectivity index (χ2v) is 8.28. The lowest BCUT2D eigenvalue weighted by Crippen LogP contribution is -2.41. The number of amides is 1. The predicted octanol–water partition coefficient (Wildman–Crippen LogP) is 2.32. The number of nitrogens with one attached hydrogen (secondary N) is 3. The van der Waals surface area contributed by atoms with Crippen LogP contribution in [0.5, 0.6) is 0 Å². The molecule has 0 spiro atoms. The number of fused-ring (bicyclic) bond motifs is 2. The van der Waals surface area contributed by atoms with Gasteiger partial charge in [0.1, 0.15) is 5.82 Å². The Hall–Kier alpha value is -2.64. The number of anilines is 3. The Morgan fingerprint density at radius 2 is 2.26 bits per heavy atom. The second-order valence-electron chi connectivity index (χ2n) is 8.28. The van der Waals surface area contributed by atoms with Gasteiger partial charge in [0.25, 0.3) is 0 Å². The van der Waals surface area contributed by atoms with Crippen molar-refractivity contribution < 1.29 is 4.79 Å². The number of aromatic amines is 1. The van der Waals surface area contributed by atoms with E-state index in [-0.39, 0.29) is 11.3 Å². The monoisotopic (exact) mass is 367 g/mol. The van der Waals surface area contributed by atoms with E-state index < -0.39 is 0 Å². The molecule has 3 heterocycles. The molecule has 2 aromatic heterocycles. The van der Waals surface area contributed by atoms with Crippen LogP contribution in [0.3, 0.4) is 0 Å². The van der Waals surface area contributed by atoms with Crippen LogP contribution in [0, 0.1) is 5.41 Å². The molecule has 2 bridgehead atoms. The summed E-state index contributed by atoms with van der Waals surface area (Å²) in [5, 5.41) is 13.7. The lowest BCUT2D eigenvalue weighted by Gasteiger charge is -2.32. The normalized spacial score (nSPS) is 26.4. The highest BCUT2D eigenvalue weighted by atomic mass is 16.1. The Morgan fingerprint density at radius 3 is 3.07 bits per heavy atom. The molecule has 3 N–H and O–H groups in total. The predicted molar refractivity (Wildman–Crippen MR) is 102 cm³/mol. The SMILES string of the molecule is CC(=O)NCC12CCC(C1)N(c1nccc(Nc3cc(C4CC4)[nH]n3)n1)C2. The fourth-order valence-corrected chi connectivity index (χ4v) is 4.53. The minimum Gasteiger partial charge on any atom is -0.356 e. The molecule has 0 radical (unpaired) electrons. The van der Waals surface area contributed by atoms with Crippen molar-refractivity contribution in [2.24, 2.45) is 5.41 Å². The summed E-state index contributed by atoms with van der Waals surface area (Å²) >= 11 is 0.